The third-order valence-electron chi connectivity index (χ3n) is 1.55. The number of halogens is 1. The van der Waals surface area contributed by atoms with Gasteiger partial charge in [0, 0.05) is 11.9 Å². The van der Waals surface area contributed by atoms with Crippen LogP contribution in [0.2, 0.25) is 0 Å². The van der Waals surface area contributed by atoms with E-state index in [2.05, 4.69) is 19.2 Å². The van der Waals surface area contributed by atoms with Gasteiger partial charge >= 0.3 is 0 Å². The van der Waals surface area contributed by atoms with Crippen LogP contribution < -0.4 is 5.32 Å². The average Bonchev–Trinajstić information content (AvgIpc) is 1.84. The highest BCUT2D eigenvalue weighted by atomic mass is 35.5. The normalized spacial score (nSPS) is 18.0. The van der Waals surface area contributed by atoms with Gasteiger partial charge in [0.15, 0.2) is 0 Å². The molecule has 0 amide bonds. The molecule has 2 heteroatoms. The van der Waals surface area contributed by atoms with E-state index in [1.165, 1.54) is 0 Å². The summed E-state index contributed by atoms with van der Waals surface area (Å²) < 4.78 is 0. The van der Waals surface area contributed by atoms with Crippen molar-refractivity contribution < 1.29 is 0 Å². The second kappa shape index (κ2) is 4.16. The minimum atomic E-state index is 0.535. The molecule has 0 fully saturated rings. The van der Waals surface area contributed by atoms with Crippen LogP contribution in [0.5, 0.6) is 0 Å². The van der Waals surface area contributed by atoms with Gasteiger partial charge in [0.05, 0.1) is 0 Å². The van der Waals surface area contributed by atoms with Gasteiger partial charge in [-0.15, -0.1) is 11.6 Å². The Morgan fingerprint density at radius 3 is 2.12 bits per heavy atom. The highest BCUT2D eigenvalue weighted by Gasteiger charge is 2.06. The molecule has 0 saturated heterocycles. The molecule has 2 atom stereocenters. The Balaban J connectivity index is 3.29. The molecule has 50 valence electrons. The summed E-state index contributed by atoms with van der Waals surface area (Å²) in [4.78, 5) is 0. The molecule has 0 saturated carbocycles. The molecule has 0 rings (SSSR count). The molecular weight excluding hydrogens is 122 g/mol. The number of nitrogens with one attached hydrogen (secondary N) is 1. The van der Waals surface area contributed by atoms with Crippen molar-refractivity contribution in [2.45, 2.75) is 19.9 Å². The fourth-order valence-corrected chi connectivity index (χ4v) is 0.685. The summed E-state index contributed by atoms with van der Waals surface area (Å²) >= 11 is 5.59. The minimum Gasteiger partial charge on any atom is -0.317 e. The summed E-state index contributed by atoms with van der Waals surface area (Å²) in [5, 5.41) is 3.13. The predicted molar refractivity (Wildman–Crippen MR) is 38.4 cm³/mol. The zero-order valence-electron chi connectivity index (χ0n) is 5.74. The van der Waals surface area contributed by atoms with E-state index < -0.39 is 0 Å². The van der Waals surface area contributed by atoms with E-state index in [0.717, 1.165) is 5.88 Å². The van der Waals surface area contributed by atoms with Crippen molar-refractivity contribution in [3.8, 4) is 0 Å². The summed E-state index contributed by atoms with van der Waals surface area (Å²) in [7, 11) is 1.95. The Morgan fingerprint density at radius 2 is 2.00 bits per heavy atom. The van der Waals surface area contributed by atoms with E-state index in [1.54, 1.807) is 0 Å². The lowest BCUT2D eigenvalue weighted by molar-refractivity contribution is 0.463. The van der Waals surface area contributed by atoms with E-state index in [0.29, 0.717) is 12.0 Å². The van der Waals surface area contributed by atoms with Crippen molar-refractivity contribution in [1.82, 2.24) is 5.32 Å². The van der Waals surface area contributed by atoms with E-state index in [-0.39, 0.29) is 0 Å². The number of rotatable bonds is 3. The quantitative estimate of drug-likeness (QED) is 0.578. The number of hydrogen-bond donors (Lipinski definition) is 1. The molecule has 8 heavy (non-hydrogen) atoms. The topological polar surface area (TPSA) is 12.0 Å². The van der Waals surface area contributed by atoms with Crippen LogP contribution in [-0.4, -0.2) is 19.0 Å². The average molecular weight is 136 g/mol. The van der Waals surface area contributed by atoms with E-state index >= 15 is 0 Å². The lowest BCUT2D eigenvalue weighted by Crippen LogP contribution is -2.29. The lowest BCUT2D eigenvalue weighted by Gasteiger charge is -2.15. The summed E-state index contributed by atoms with van der Waals surface area (Å²) in [6.45, 7) is 4.27. The SMILES string of the molecule is CNC(C)C(C)CCl. The molecular formula is C6H14ClN. The Bertz CT molecular complexity index is 48.5. The molecule has 1 nitrogen and oxygen atoms in total. The van der Waals surface area contributed by atoms with Crippen LogP contribution >= 0.6 is 11.6 Å². The Labute approximate surface area is 56.4 Å². The minimum absolute atomic E-state index is 0.535. The maximum absolute atomic E-state index is 5.59. The Kier molecular flexibility index (Phi) is 4.29. The summed E-state index contributed by atoms with van der Waals surface area (Å²) in [5.74, 6) is 1.31. The molecule has 1 N–H and O–H groups in total. The maximum Gasteiger partial charge on any atom is 0.0263 e. The van der Waals surface area contributed by atoms with Gasteiger partial charge in [-0.2, -0.15) is 0 Å². The van der Waals surface area contributed by atoms with Gasteiger partial charge in [-0.3, -0.25) is 0 Å². The number of alkyl halides is 1. The van der Waals surface area contributed by atoms with Gasteiger partial charge in [0.1, 0.15) is 0 Å². The first-order valence-electron chi connectivity index (χ1n) is 2.95. The molecule has 0 bridgehead atoms. The van der Waals surface area contributed by atoms with Crippen LogP contribution in [0.25, 0.3) is 0 Å². The molecule has 0 aliphatic heterocycles. The molecule has 0 aromatic heterocycles. The molecule has 0 heterocycles. The van der Waals surface area contributed by atoms with Crippen LogP contribution in [0, 0.1) is 5.92 Å². The number of hydrogen-bond acceptors (Lipinski definition) is 1. The van der Waals surface area contributed by atoms with E-state index in [4.69, 9.17) is 11.6 Å². The highest BCUT2D eigenvalue weighted by Crippen LogP contribution is 2.02. The molecule has 0 aromatic carbocycles. The Morgan fingerprint density at radius 1 is 1.50 bits per heavy atom. The molecule has 0 aliphatic carbocycles. The monoisotopic (exact) mass is 135 g/mol. The van der Waals surface area contributed by atoms with Gasteiger partial charge in [0.25, 0.3) is 0 Å². The van der Waals surface area contributed by atoms with Crippen LogP contribution in [-0.2, 0) is 0 Å². The summed E-state index contributed by atoms with van der Waals surface area (Å²) in [5.41, 5.74) is 0. The van der Waals surface area contributed by atoms with Gasteiger partial charge < -0.3 is 5.32 Å². The van der Waals surface area contributed by atoms with Crippen LogP contribution in [0.1, 0.15) is 13.8 Å². The van der Waals surface area contributed by atoms with Crippen LogP contribution in [0.3, 0.4) is 0 Å². The van der Waals surface area contributed by atoms with Gasteiger partial charge in [-0.05, 0) is 19.9 Å². The second-order valence-corrected chi connectivity index (χ2v) is 2.52. The maximum atomic E-state index is 5.59. The predicted octanol–water partition coefficient (Wildman–Crippen LogP) is 1.47. The van der Waals surface area contributed by atoms with Gasteiger partial charge in [0.2, 0.25) is 0 Å². The highest BCUT2D eigenvalue weighted by molar-refractivity contribution is 6.18. The second-order valence-electron chi connectivity index (χ2n) is 2.21. The fraction of sp³-hybridized carbons (Fsp3) is 1.00. The zero-order valence-corrected chi connectivity index (χ0v) is 6.50. The third kappa shape index (κ3) is 2.53. The smallest absolute Gasteiger partial charge is 0.0263 e. The van der Waals surface area contributed by atoms with E-state index in [9.17, 15) is 0 Å². The summed E-state index contributed by atoms with van der Waals surface area (Å²) in [6, 6.07) is 0.535. The van der Waals surface area contributed by atoms with Gasteiger partial charge in [-0.25, -0.2) is 0 Å². The molecule has 0 radical (unpaired) electrons. The first-order chi connectivity index (χ1) is 3.72. The lowest BCUT2D eigenvalue weighted by atomic mass is 10.1. The van der Waals surface area contributed by atoms with Gasteiger partial charge in [-0.1, -0.05) is 6.92 Å². The fourth-order valence-electron chi connectivity index (χ4n) is 0.418. The van der Waals surface area contributed by atoms with Crippen LogP contribution in [0.15, 0.2) is 0 Å². The van der Waals surface area contributed by atoms with Crippen molar-refractivity contribution in [1.29, 1.82) is 0 Å². The Hall–Kier alpha value is 0.250. The molecule has 2 unspecified atom stereocenters. The summed E-state index contributed by atoms with van der Waals surface area (Å²) in [6.07, 6.45) is 0. The molecule has 0 aromatic rings. The third-order valence-corrected chi connectivity index (χ3v) is 2.04. The largest absolute Gasteiger partial charge is 0.317 e. The van der Waals surface area contributed by atoms with Crippen LogP contribution in [0.4, 0.5) is 0 Å². The van der Waals surface area contributed by atoms with Crippen molar-refractivity contribution >= 4 is 11.6 Å². The van der Waals surface area contributed by atoms with Crippen molar-refractivity contribution in [2.75, 3.05) is 12.9 Å². The van der Waals surface area contributed by atoms with Crippen molar-refractivity contribution in [3.63, 3.8) is 0 Å². The van der Waals surface area contributed by atoms with Crippen molar-refractivity contribution in [3.05, 3.63) is 0 Å². The zero-order chi connectivity index (χ0) is 6.57. The molecule has 0 aliphatic rings. The first-order valence-corrected chi connectivity index (χ1v) is 3.49. The van der Waals surface area contributed by atoms with E-state index in [1.807, 2.05) is 7.05 Å². The van der Waals surface area contributed by atoms with Crippen molar-refractivity contribution in [2.24, 2.45) is 5.92 Å². The molecule has 0 spiro atoms. The first kappa shape index (κ1) is 8.25. The standard InChI is InChI=1S/C6H14ClN/c1-5(4-7)6(2)8-3/h5-6,8H,4H2,1-3H3.